The van der Waals surface area contributed by atoms with Gasteiger partial charge in [-0.25, -0.2) is 4.79 Å². The van der Waals surface area contributed by atoms with E-state index in [-0.39, 0.29) is 12.7 Å². The molecule has 1 heterocycles. The molecule has 1 aliphatic rings. The molecule has 4 heteroatoms. The summed E-state index contributed by atoms with van der Waals surface area (Å²) in [6, 6.07) is 0. The molecule has 0 bridgehead atoms. The van der Waals surface area contributed by atoms with Crippen molar-refractivity contribution in [3.05, 3.63) is 0 Å². The van der Waals surface area contributed by atoms with E-state index in [1.807, 2.05) is 0 Å². The maximum atomic E-state index is 10.0. The van der Waals surface area contributed by atoms with Crippen LogP contribution in [-0.2, 0) is 9.53 Å². The van der Waals surface area contributed by atoms with Gasteiger partial charge < -0.3 is 15.2 Å². The highest BCUT2D eigenvalue weighted by molar-refractivity contribution is 5.68. The fourth-order valence-corrected chi connectivity index (χ4v) is 1.07. The van der Waals surface area contributed by atoms with Gasteiger partial charge in [-0.1, -0.05) is 0 Å². The number of nitrogens with two attached hydrogens (primary N) is 1. The fraction of sp³-hybridized carbons (Fsp3) is 0.833. The molecule has 1 rings (SSSR count). The van der Waals surface area contributed by atoms with Crippen LogP contribution in [0.2, 0.25) is 0 Å². The van der Waals surface area contributed by atoms with Gasteiger partial charge in [0.1, 0.15) is 19.3 Å². The average Bonchev–Trinajstić information content (AvgIpc) is 2.34. The maximum Gasteiger partial charge on any atom is 0.329 e. The number of quaternary nitrogens is 1. The van der Waals surface area contributed by atoms with Gasteiger partial charge >= 0.3 is 5.97 Å². The van der Waals surface area contributed by atoms with Crippen molar-refractivity contribution < 1.29 is 20.0 Å². The van der Waals surface area contributed by atoms with Crippen LogP contribution >= 0.6 is 0 Å². The summed E-state index contributed by atoms with van der Waals surface area (Å²) in [5.74, 6) is -0.882. The van der Waals surface area contributed by atoms with Crippen molar-refractivity contribution in [2.75, 3.05) is 19.7 Å². The van der Waals surface area contributed by atoms with Crippen molar-refractivity contribution in [2.24, 2.45) is 0 Å². The Morgan fingerprint density at radius 3 is 3.10 bits per heavy atom. The zero-order valence-electron chi connectivity index (χ0n) is 5.75. The number of carbonyl (C=O) groups is 1. The van der Waals surface area contributed by atoms with E-state index in [9.17, 15) is 4.79 Å². The van der Waals surface area contributed by atoms with Crippen molar-refractivity contribution in [1.82, 2.24) is 0 Å². The summed E-state index contributed by atoms with van der Waals surface area (Å²) in [5, 5.41) is 10.4. The molecular weight excluding hydrogens is 134 g/mol. The van der Waals surface area contributed by atoms with Crippen LogP contribution in [0, 0.1) is 0 Å². The lowest BCUT2D eigenvalue weighted by Crippen LogP contribution is -2.81. The number of aliphatic carboxylic acids is 1. The maximum absolute atomic E-state index is 10.0. The van der Waals surface area contributed by atoms with Crippen LogP contribution in [-0.4, -0.2) is 36.9 Å². The van der Waals surface area contributed by atoms with E-state index in [1.165, 1.54) is 0 Å². The molecule has 0 spiro atoms. The zero-order valence-corrected chi connectivity index (χ0v) is 5.75. The van der Waals surface area contributed by atoms with Gasteiger partial charge in [0.2, 0.25) is 0 Å². The van der Waals surface area contributed by atoms with Crippen LogP contribution in [0.3, 0.4) is 0 Å². The monoisotopic (exact) mass is 146 g/mol. The number of ether oxygens (including phenoxy) is 1. The number of hydrogen-bond donors (Lipinski definition) is 2. The van der Waals surface area contributed by atoms with Gasteiger partial charge in [-0.2, -0.15) is 0 Å². The lowest BCUT2D eigenvalue weighted by Gasteiger charge is -2.03. The third-order valence-electron chi connectivity index (χ3n) is 1.56. The first-order chi connectivity index (χ1) is 4.79. The van der Waals surface area contributed by atoms with Crippen molar-refractivity contribution in [3.63, 3.8) is 0 Å². The van der Waals surface area contributed by atoms with E-state index in [0.717, 1.165) is 19.5 Å². The quantitative estimate of drug-likeness (QED) is 0.505. The van der Waals surface area contributed by atoms with Crippen molar-refractivity contribution >= 4 is 5.97 Å². The Kier molecular flexibility index (Phi) is 2.65. The number of carboxylic acids is 1. The first kappa shape index (κ1) is 7.50. The van der Waals surface area contributed by atoms with Crippen LogP contribution in [0.15, 0.2) is 0 Å². The van der Waals surface area contributed by atoms with E-state index in [0.29, 0.717) is 0 Å². The summed E-state index contributed by atoms with van der Waals surface area (Å²) in [4.78, 5) is 10.0. The van der Waals surface area contributed by atoms with Crippen LogP contribution in [0.1, 0.15) is 6.42 Å². The SMILES string of the molecule is O=C(O)CO[C@@H]1CC[NH2+]C1. The third kappa shape index (κ3) is 2.33. The molecule has 0 unspecified atom stereocenters. The van der Waals surface area contributed by atoms with E-state index >= 15 is 0 Å². The Balaban J connectivity index is 2.07. The van der Waals surface area contributed by atoms with Crippen molar-refractivity contribution in [1.29, 1.82) is 0 Å². The van der Waals surface area contributed by atoms with E-state index in [2.05, 4.69) is 5.32 Å². The molecule has 4 nitrogen and oxygen atoms in total. The van der Waals surface area contributed by atoms with Crippen LogP contribution in [0.4, 0.5) is 0 Å². The molecule has 0 radical (unpaired) electrons. The minimum Gasteiger partial charge on any atom is -0.480 e. The number of hydrogen-bond acceptors (Lipinski definition) is 2. The highest BCUT2D eigenvalue weighted by Gasteiger charge is 2.18. The summed E-state index contributed by atoms with van der Waals surface area (Å²) in [5.41, 5.74) is 0. The third-order valence-corrected chi connectivity index (χ3v) is 1.56. The summed E-state index contributed by atoms with van der Waals surface area (Å²) in [6.07, 6.45) is 1.14. The minimum atomic E-state index is -0.882. The molecule has 0 amide bonds. The van der Waals surface area contributed by atoms with Crippen LogP contribution in [0.5, 0.6) is 0 Å². The van der Waals surface area contributed by atoms with Gasteiger partial charge in [-0.15, -0.1) is 0 Å². The normalized spacial score (nSPS) is 25.0. The first-order valence-corrected chi connectivity index (χ1v) is 3.44. The van der Waals surface area contributed by atoms with Crippen molar-refractivity contribution in [2.45, 2.75) is 12.5 Å². The van der Waals surface area contributed by atoms with Gasteiger partial charge in [-0.05, 0) is 0 Å². The molecule has 58 valence electrons. The molecule has 1 saturated heterocycles. The second-order valence-electron chi connectivity index (χ2n) is 2.43. The number of carboxylic acid groups (broad SMARTS) is 1. The van der Waals surface area contributed by atoms with E-state index in [4.69, 9.17) is 9.84 Å². The summed E-state index contributed by atoms with van der Waals surface area (Å²) in [7, 11) is 0. The second-order valence-corrected chi connectivity index (χ2v) is 2.43. The first-order valence-electron chi connectivity index (χ1n) is 3.44. The molecule has 3 N–H and O–H groups in total. The average molecular weight is 146 g/mol. The Morgan fingerprint density at radius 1 is 1.80 bits per heavy atom. The predicted molar refractivity (Wildman–Crippen MR) is 33.7 cm³/mol. The Hall–Kier alpha value is -0.610. The second kappa shape index (κ2) is 3.53. The Labute approximate surface area is 59.2 Å². The lowest BCUT2D eigenvalue weighted by molar-refractivity contribution is -0.638. The molecule has 1 fully saturated rings. The molecule has 0 saturated carbocycles. The highest BCUT2D eigenvalue weighted by atomic mass is 16.5. The van der Waals surface area contributed by atoms with Crippen LogP contribution in [0.25, 0.3) is 0 Å². The number of rotatable bonds is 3. The lowest BCUT2D eigenvalue weighted by atomic mass is 10.3. The van der Waals surface area contributed by atoms with Gasteiger partial charge in [0.15, 0.2) is 0 Å². The largest absolute Gasteiger partial charge is 0.480 e. The fourth-order valence-electron chi connectivity index (χ4n) is 1.07. The molecule has 0 aromatic carbocycles. The Morgan fingerprint density at radius 2 is 2.60 bits per heavy atom. The van der Waals surface area contributed by atoms with Gasteiger partial charge in [0.25, 0.3) is 0 Å². The van der Waals surface area contributed by atoms with Crippen molar-refractivity contribution in [3.8, 4) is 0 Å². The molecule has 10 heavy (non-hydrogen) atoms. The minimum absolute atomic E-state index is 0.154. The Bertz CT molecular complexity index is 120. The van der Waals surface area contributed by atoms with Gasteiger partial charge in [-0.3, -0.25) is 0 Å². The zero-order chi connectivity index (χ0) is 7.40. The van der Waals surface area contributed by atoms with E-state index in [1.54, 1.807) is 0 Å². The van der Waals surface area contributed by atoms with Crippen LogP contribution < -0.4 is 5.32 Å². The smallest absolute Gasteiger partial charge is 0.329 e. The topological polar surface area (TPSA) is 63.1 Å². The summed E-state index contributed by atoms with van der Waals surface area (Å²) in [6.45, 7) is 1.82. The predicted octanol–water partition coefficient (Wildman–Crippen LogP) is -1.58. The molecular formula is C6H12NO3+. The molecule has 0 aromatic rings. The molecule has 1 atom stereocenters. The molecule has 1 aliphatic heterocycles. The highest BCUT2D eigenvalue weighted by Crippen LogP contribution is 1.96. The van der Waals surface area contributed by atoms with Gasteiger partial charge in [0, 0.05) is 6.42 Å². The van der Waals surface area contributed by atoms with E-state index < -0.39 is 5.97 Å². The molecule has 0 aromatic heterocycles. The standard InChI is InChI=1S/C6H11NO3/c8-6(9)4-10-5-1-2-7-3-5/h5,7H,1-4H2,(H,8,9)/p+1/t5-/m1/s1. The van der Waals surface area contributed by atoms with Gasteiger partial charge in [0.05, 0.1) is 6.54 Å². The summed E-state index contributed by atoms with van der Waals surface area (Å²) >= 11 is 0. The summed E-state index contributed by atoms with van der Waals surface area (Å²) < 4.78 is 5.03. The molecule has 0 aliphatic carbocycles.